The molecule has 0 spiro atoms. The zero-order valence-electron chi connectivity index (χ0n) is 10.4. The molecule has 0 saturated heterocycles. The fraction of sp³-hybridized carbons (Fsp3) is 0.462. The Morgan fingerprint density at radius 1 is 1.33 bits per heavy atom. The lowest BCUT2D eigenvalue weighted by Gasteiger charge is -2.22. The summed E-state index contributed by atoms with van der Waals surface area (Å²) in [6.45, 7) is 3.40. The summed E-state index contributed by atoms with van der Waals surface area (Å²) in [6.07, 6.45) is -2.15. The van der Waals surface area contributed by atoms with E-state index in [-0.39, 0.29) is 6.61 Å². The van der Waals surface area contributed by atoms with Gasteiger partial charge in [0, 0.05) is 4.90 Å². The first-order valence-corrected chi connectivity index (χ1v) is 6.68. The number of thioether (sulfide) groups is 1. The maximum absolute atomic E-state index is 11.8. The first kappa shape index (κ1) is 15.0. The van der Waals surface area contributed by atoms with E-state index in [4.69, 9.17) is 4.74 Å². The van der Waals surface area contributed by atoms with Crippen molar-refractivity contribution in [3.63, 3.8) is 0 Å². The van der Waals surface area contributed by atoms with Crippen molar-refractivity contribution in [3.8, 4) is 0 Å². The van der Waals surface area contributed by atoms with Crippen molar-refractivity contribution in [2.45, 2.75) is 36.2 Å². The zero-order chi connectivity index (χ0) is 13.5. The molecule has 1 rings (SSSR count). The Balaban J connectivity index is 2.81. The van der Waals surface area contributed by atoms with Gasteiger partial charge in [-0.1, -0.05) is 18.2 Å². The van der Waals surface area contributed by atoms with Gasteiger partial charge in [-0.25, -0.2) is 0 Å². The van der Waals surface area contributed by atoms with Gasteiger partial charge in [0.25, 0.3) is 0 Å². The molecule has 0 amide bonds. The molecule has 0 bridgehead atoms. The number of hydrogen-bond acceptors (Lipinski definition) is 5. The van der Waals surface area contributed by atoms with Gasteiger partial charge in [-0.15, -0.1) is 11.8 Å². The lowest BCUT2D eigenvalue weighted by atomic mass is 10.1. The van der Waals surface area contributed by atoms with Crippen LogP contribution < -0.4 is 0 Å². The minimum Gasteiger partial charge on any atom is -0.465 e. The Hall–Kier alpha value is -1.04. The summed E-state index contributed by atoms with van der Waals surface area (Å²) < 4.78 is 4.92. The normalized spacial score (nSPS) is 15.8. The molecule has 0 radical (unpaired) electrons. The number of rotatable bonds is 6. The van der Waals surface area contributed by atoms with Crippen molar-refractivity contribution in [2.75, 3.05) is 6.61 Å². The molecule has 3 atom stereocenters. The second-order valence-electron chi connectivity index (χ2n) is 3.83. The van der Waals surface area contributed by atoms with E-state index in [9.17, 15) is 15.0 Å². The molecule has 0 aliphatic heterocycles. The van der Waals surface area contributed by atoms with Gasteiger partial charge in [-0.05, 0) is 26.0 Å². The lowest BCUT2D eigenvalue weighted by molar-refractivity contribution is -0.146. The van der Waals surface area contributed by atoms with Crippen molar-refractivity contribution >= 4 is 17.7 Å². The van der Waals surface area contributed by atoms with E-state index >= 15 is 0 Å². The molecule has 0 aromatic heterocycles. The van der Waals surface area contributed by atoms with Crippen LogP contribution in [0.3, 0.4) is 0 Å². The lowest BCUT2D eigenvalue weighted by Crippen LogP contribution is -2.39. The summed E-state index contributed by atoms with van der Waals surface area (Å²) in [6, 6.07) is 9.24. The molecular formula is C13H18O4S. The van der Waals surface area contributed by atoms with Crippen LogP contribution >= 0.6 is 11.8 Å². The van der Waals surface area contributed by atoms with E-state index in [1.54, 1.807) is 6.92 Å². The first-order chi connectivity index (χ1) is 8.56. The van der Waals surface area contributed by atoms with Crippen LogP contribution in [-0.4, -0.2) is 40.2 Å². The predicted molar refractivity (Wildman–Crippen MR) is 70.4 cm³/mol. The molecule has 2 N–H and O–H groups in total. The van der Waals surface area contributed by atoms with Crippen molar-refractivity contribution in [1.82, 2.24) is 0 Å². The number of carbonyl (C=O) groups is 1. The third-order valence-corrected chi connectivity index (χ3v) is 3.60. The molecule has 18 heavy (non-hydrogen) atoms. The van der Waals surface area contributed by atoms with Crippen molar-refractivity contribution in [2.24, 2.45) is 0 Å². The quantitative estimate of drug-likeness (QED) is 0.605. The molecule has 4 nitrogen and oxygen atoms in total. The average Bonchev–Trinajstić information content (AvgIpc) is 2.36. The molecule has 0 aliphatic rings. The summed E-state index contributed by atoms with van der Waals surface area (Å²) in [7, 11) is 0. The molecule has 0 unspecified atom stereocenters. The number of esters is 1. The fourth-order valence-electron chi connectivity index (χ4n) is 1.38. The maximum Gasteiger partial charge on any atom is 0.322 e. The number of ether oxygens (including phenoxy) is 1. The highest BCUT2D eigenvalue weighted by Crippen LogP contribution is 2.27. The smallest absolute Gasteiger partial charge is 0.322 e. The van der Waals surface area contributed by atoms with Crippen LogP contribution in [-0.2, 0) is 9.53 Å². The van der Waals surface area contributed by atoms with Crippen LogP contribution in [0.1, 0.15) is 13.8 Å². The highest BCUT2D eigenvalue weighted by Gasteiger charge is 2.32. The summed E-state index contributed by atoms with van der Waals surface area (Å²) in [4.78, 5) is 12.6. The van der Waals surface area contributed by atoms with Gasteiger partial charge in [0.1, 0.15) is 11.4 Å². The van der Waals surface area contributed by atoms with Crippen LogP contribution in [0.4, 0.5) is 0 Å². The van der Waals surface area contributed by atoms with E-state index in [0.29, 0.717) is 0 Å². The minimum atomic E-state index is -1.16. The molecule has 100 valence electrons. The van der Waals surface area contributed by atoms with Crippen LogP contribution in [0.25, 0.3) is 0 Å². The topological polar surface area (TPSA) is 66.8 Å². The Morgan fingerprint density at radius 3 is 2.44 bits per heavy atom. The van der Waals surface area contributed by atoms with Crippen molar-refractivity contribution in [1.29, 1.82) is 0 Å². The summed E-state index contributed by atoms with van der Waals surface area (Å²) in [5.74, 6) is -0.514. The van der Waals surface area contributed by atoms with E-state index in [1.165, 1.54) is 18.7 Å². The highest BCUT2D eigenvalue weighted by molar-refractivity contribution is 8.00. The van der Waals surface area contributed by atoms with E-state index in [0.717, 1.165) is 4.90 Å². The summed E-state index contributed by atoms with van der Waals surface area (Å²) in [5, 5.41) is 18.5. The summed E-state index contributed by atoms with van der Waals surface area (Å²) in [5.41, 5.74) is 0. The third-order valence-electron chi connectivity index (χ3n) is 2.33. The van der Waals surface area contributed by atoms with Gasteiger partial charge in [-0.3, -0.25) is 4.79 Å². The summed E-state index contributed by atoms with van der Waals surface area (Å²) >= 11 is 1.19. The molecular weight excluding hydrogens is 252 g/mol. The largest absolute Gasteiger partial charge is 0.465 e. The number of aliphatic hydroxyl groups is 2. The van der Waals surface area contributed by atoms with Crippen LogP contribution in [0, 0.1) is 0 Å². The fourth-order valence-corrected chi connectivity index (χ4v) is 2.52. The second-order valence-corrected chi connectivity index (χ2v) is 5.05. The molecule has 0 heterocycles. The van der Waals surface area contributed by atoms with Gasteiger partial charge in [0.15, 0.2) is 0 Å². The third kappa shape index (κ3) is 4.33. The number of carbonyl (C=O) groups excluding carboxylic acids is 1. The SMILES string of the molecule is CCOC(=O)[C@H](Sc1ccccc1)[C@H](O)[C@H](C)O. The molecule has 5 heteroatoms. The monoisotopic (exact) mass is 270 g/mol. The van der Waals surface area contributed by atoms with E-state index in [1.807, 2.05) is 30.3 Å². The molecule has 0 aliphatic carbocycles. The molecule has 0 fully saturated rings. The van der Waals surface area contributed by atoms with Crippen molar-refractivity contribution in [3.05, 3.63) is 30.3 Å². The van der Waals surface area contributed by atoms with E-state index < -0.39 is 23.4 Å². The number of hydrogen-bond donors (Lipinski definition) is 2. The molecule has 1 aromatic carbocycles. The molecule has 1 aromatic rings. The van der Waals surface area contributed by atoms with Gasteiger partial charge in [0.05, 0.1) is 12.7 Å². The van der Waals surface area contributed by atoms with Gasteiger partial charge in [0.2, 0.25) is 0 Å². The Bertz CT molecular complexity index is 367. The van der Waals surface area contributed by atoms with Crippen LogP contribution in [0.5, 0.6) is 0 Å². The van der Waals surface area contributed by atoms with Gasteiger partial charge in [-0.2, -0.15) is 0 Å². The number of benzene rings is 1. The number of aliphatic hydroxyl groups excluding tert-OH is 2. The van der Waals surface area contributed by atoms with Crippen LogP contribution in [0.2, 0.25) is 0 Å². The second kappa shape index (κ2) is 7.41. The zero-order valence-corrected chi connectivity index (χ0v) is 11.3. The predicted octanol–water partition coefficient (Wildman–Crippen LogP) is 1.45. The molecule has 0 saturated carbocycles. The maximum atomic E-state index is 11.8. The Morgan fingerprint density at radius 2 is 1.94 bits per heavy atom. The van der Waals surface area contributed by atoms with Crippen molar-refractivity contribution < 1.29 is 19.7 Å². The Kier molecular flexibility index (Phi) is 6.18. The van der Waals surface area contributed by atoms with Gasteiger partial charge >= 0.3 is 5.97 Å². The van der Waals surface area contributed by atoms with Gasteiger partial charge < -0.3 is 14.9 Å². The average molecular weight is 270 g/mol. The first-order valence-electron chi connectivity index (χ1n) is 5.80. The highest BCUT2D eigenvalue weighted by atomic mass is 32.2. The van der Waals surface area contributed by atoms with E-state index in [2.05, 4.69) is 0 Å². The van der Waals surface area contributed by atoms with Crippen LogP contribution in [0.15, 0.2) is 35.2 Å². The Labute approximate surface area is 111 Å². The minimum absolute atomic E-state index is 0.247. The standard InChI is InChI=1S/C13H18O4S/c1-3-17-13(16)12(11(15)9(2)14)18-10-7-5-4-6-8-10/h4-9,11-12,14-15H,3H2,1-2H3/t9-,11+,12+/m0/s1.